The first-order valence-corrected chi connectivity index (χ1v) is 7.80. The molecular formula is C18H15F2NO5. The van der Waals surface area contributed by atoms with E-state index in [2.05, 4.69) is 5.32 Å². The van der Waals surface area contributed by atoms with Gasteiger partial charge in [0.05, 0.1) is 12.1 Å². The van der Waals surface area contributed by atoms with E-state index in [4.69, 9.17) is 14.2 Å². The van der Waals surface area contributed by atoms with Gasteiger partial charge in [0.2, 0.25) is 0 Å². The van der Waals surface area contributed by atoms with Crippen molar-refractivity contribution < 1.29 is 32.6 Å². The molecule has 1 amide bonds. The molecule has 6 nitrogen and oxygen atoms in total. The van der Waals surface area contributed by atoms with Crippen LogP contribution in [0.2, 0.25) is 0 Å². The van der Waals surface area contributed by atoms with Crippen molar-refractivity contribution in [3.63, 3.8) is 0 Å². The molecule has 0 atom stereocenters. The molecule has 0 spiro atoms. The summed E-state index contributed by atoms with van der Waals surface area (Å²) < 4.78 is 41.9. The van der Waals surface area contributed by atoms with Gasteiger partial charge in [-0.2, -0.15) is 0 Å². The highest BCUT2D eigenvalue weighted by Gasteiger charge is 2.15. The summed E-state index contributed by atoms with van der Waals surface area (Å²) in [5.41, 5.74) is 0.448. The Balaban J connectivity index is 1.50. The predicted octanol–water partition coefficient (Wildman–Crippen LogP) is 2.46. The lowest BCUT2D eigenvalue weighted by atomic mass is 10.1. The van der Waals surface area contributed by atoms with E-state index in [-0.39, 0.29) is 12.1 Å². The number of amides is 1. The Labute approximate surface area is 147 Å². The lowest BCUT2D eigenvalue weighted by molar-refractivity contribution is -0.146. The molecule has 0 aromatic heterocycles. The molecule has 136 valence electrons. The van der Waals surface area contributed by atoms with Gasteiger partial charge < -0.3 is 19.5 Å². The molecule has 0 bridgehead atoms. The summed E-state index contributed by atoms with van der Waals surface area (Å²) in [6.07, 6.45) is -0.0607. The molecular weight excluding hydrogens is 348 g/mol. The maximum Gasteiger partial charge on any atom is 0.310 e. The summed E-state index contributed by atoms with van der Waals surface area (Å²) in [4.78, 5) is 23.6. The van der Waals surface area contributed by atoms with Gasteiger partial charge in [0.1, 0.15) is 24.8 Å². The molecule has 1 N–H and O–H groups in total. The van der Waals surface area contributed by atoms with Crippen LogP contribution in [0.15, 0.2) is 36.4 Å². The van der Waals surface area contributed by atoms with Crippen LogP contribution in [-0.4, -0.2) is 31.7 Å². The molecule has 26 heavy (non-hydrogen) atoms. The van der Waals surface area contributed by atoms with Gasteiger partial charge in [-0.25, -0.2) is 8.78 Å². The van der Waals surface area contributed by atoms with Gasteiger partial charge >= 0.3 is 5.97 Å². The van der Waals surface area contributed by atoms with Crippen molar-refractivity contribution in [1.29, 1.82) is 0 Å². The highest BCUT2D eigenvalue weighted by Crippen LogP contribution is 2.30. The summed E-state index contributed by atoms with van der Waals surface area (Å²) >= 11 is 0. The second kappa shape index (κ2) is 7.81. The molecule has 0 fully saturated rings. The standard InChI is InChI=1S/C18H15F2NO5/c19-12-2-3-14(13(20)9-12)21-17(22)10-26-18(23)8-11-1-4-15-16(7-11)25-6-5-24-15/h1-4,7,9H,5-6,8,10H2,(H,21,22). The van der Waals surface area contributed by atoms with Crippen LogP contribution in [0.4, 0.5) is 14.5 Å². The highest BCUT2D eigenvalue weighted by molar-refractivity contribution is 5.93. The molecule has 0 radical (unpaired) electrons. The Morgan fingerprint density at radius 2 is 1.81 bits per heavy atom. The van der Waals surface area contributed by atoms with Crippen LogP contribution in [0, 0.1) is 11.6 Å². The molecule has 2 aromatic rings. The molecule has 1 aliphatic rings. The van der Waals surface area contributed by atoms with E-state index in [9.17, 15) is 18.4 Å². The largest absolute Gasteiger partial charge is 0.486 e. The van der Waals surface area contributed by atoms with Crippen LogP contribution in [0.3, 0.4) is 0 Å². The molecule has 1 aliphatic heterocycles. The van der Waals surface area contributed by atoms with Crippen molar-refractivity contribution in [2.24, 2.45) is 0 Å². The van der Waals surface area contributed by atoms with Gasteiger partial charge in [0.15, 0.2) is 18.1 Å². The Morgan fingerprint density at radius 1 is 1.04 bits per heavy atom. The minimum atomic E-state index is -0.916. The van der Waals surface area contributed by atoms with E-state index in [0.29, 0.717) is 36.3 Å². The number of hydrogen-bond donors (Lipinski definition) is 1. The molecule has 0 unspecified atom stereocenters. The normalized spacial score (nSPS) is 12.4. The lowest BCUT2D eigenvalue weighted by Crippen LogP contribution is -2.22. The number of rotatable bonds is 5. The van der Waals surface area contributed by atoms with Gasteiger partial charge in [-0.15, -0.1) is 0 Å². The summed E-state index contributed by atoms with van der Waals surface area (Å²) in [5.74, 6) is -1.88. The van der Waals surface area contributed by atoms with Crippen molar-refractivity contribution in [1.82, 2.24) is 0 Å². The van der Waals surface area contributed by atoms with Gasteiger partial charge in [0, 0.05) is 6.07 Å². The van der Waals surface area contributed by atoms with Crippen LogP contribution >= 0.6 is 0 Å². The van der Waals surface area contributed by atoms with Crippen molar-refractivity contribution in [3.05, 3.63) is 53.6 Å². The number of anilines is 1. The summed E-state index contributed by atoms with van der Waals surface area (Å²) in [5, 5.41) is 2.20. The Kier molecular flexibility index (Phi) is 5.31. The minimum Gasteiger partial charge on any atom is -0.486 e. The predicted molar refractivity (Wildman–Crippen MR) is 87.1 cm³/mol. The first-order chi connectivity index (χ1) is 12.5. The Hall–Kier alpha value is -3.16. The van der Waals surface area contributed by atoms with Gasteiger partial charge in [0.25, 0.3) is 5.91 Å². The van der Waals surface area contributed by atoms with Crippen molar-refractivity contribution in [2.45, 2.75) is 6.42 Å². The molecule has 1 heterocycles. The number of carbonyl (C=O) groups is 2. The maximum atomic E-state index is 13.5. The molecule has 0 saturated carbocycles. The first kappa shape index (κ1) is 17.7. The van der Waals surface area contributed by atoms with Crippen molar-refractivity contribution >= 4 is 17.6 Å². The van der Waals surface area contributed by atoms with E-state index >= 15 is 0 Å². The third-order valence-electron chi connectivity index (χ3n) is 3.52. The van der Waals surface area contributed by atoms with E-state index in [0.717, 1.165) is 12.1 Å². The van der Waals surface area contributed by atoms with Gasteiger partial charge in [-0.05, 0) is 29.8 Å². The summed E-state index contributed by atoms with van der Waals surface area (Å²) in [6.45, 7) is 0.319. The quantitative estimate of drug-likeness (QED) is 0.826. The average molecular weight is 363 g/mol. The third kappa shape index (κ3) is 4.47. The number of esters is 1. The number of benzene rings is 2. The number of ether oxygens (including phenoxy) is 3. The SMILES string of the molecule is O=C(COC(=O)Cc1ccc2c(c1)OCCO2)Nc1ccc(F)cc1F. The number of halogens is 2. The van der Waals surface area contributed by atoms with E-state index in [1.165, 1.54) is 0 Å². The van der Waals surface area contributed by atoms with Crippen LogP contribution in [0.5, 0.6) is 11.5 Å². The van der Waals surface area contributed by atoms with Gasteiger partial charge in [-0.3, -0.25) is 9.59 Å². The highest BCUT2D eigenvalue weighted by atomic mass is 19.1. The van der Waals surface area contributed by atoms with Crippen LogP contribution in [-0.2, 0) is 20.7 Å². The zero-order chi connectivity index (χ0) is 18.5. The fourth-order valence-corrected chi connectivity index (χ4v) is 2.34. The third-order valence-corrected chi connectivity index (χ3v) is 3.52. The van der Waals surface area contributed by atoms with Crippen LogP contribution in [0.25, 0.3) is 0 Å². The zero-order valence-corrected chi connectivity index (χ0v) is 13.6. The summed E-state index contributed by atoms with van der Waals surface area (Å²) in [7, 11) is 0. The second-order valence-electron chi connectivity index (χ2n) is 5.49. The van der Waals surface area contributed by atoms with E-state index in [1.54, 1.807) is 18.2 Å². The average Bonchev–Trinajstić information content (AvgIpc) is 2.62. The number of hydrogen-bond acceptors (Lipinski definition) is 5. The smallest absolute Gasteiger partial charge is 0.310 e. The minimum absolute atomic E-state index is 0.0607. The fraction of sp³-hybridized carbons (Fsp3) is 0.222. The zero-order valence-electron chi connectivity index (χ0n) is 13.6. The van der Waals surface area contributed by atoms with Crippen molar-refractivity contribution in [3.8, 4) is 11.5 Å². The number of fused-ring (bicyclic) bond motifs is 1. The summed E-state index contributed by atoms with van der Waals surface area (Å²) in [6, 6.07) is 7.79. The Bertz CT molecular complexity index is 840. The molecule has 8 heteroatoms. The molecule has 3 rings (SSSR count). The van der Waals surface area contributed by atoms with Crippen LogP contribution in [0.1, 0.15) is 5.56 Å². The monoisotopic (exact) mass is 363 g/mol. The topological polar surface area (TPSA) is 73.9 Å². The Morgan fingerprint density at radius 3 is 2.58 bits per heavy atom. The molecule has 2 aromatic carbocycles. The number of carbonyl (C=O) groups excluding carboxylic acids is 2. The van der Waals surface area contributed by atoms with E-state index < -0.39 is 30.1 Å². The van der Waals surface area contributed by atoms with Crippen molar-refractivity contribution in [2.75, 3.05) is 25.1 Å². The second-order valence-corrected chi connectivity index (χ2v) is 5.49. The molecule has 0 saturated heterocycles. The van der Waals surface area contributed by atoms with Crippen LogP contribution < -0.4 is 14.8 Å². The van der Waals surface area contributed by atoms with Gasteiger partial charge in [-0.1, -0.05) is 6.07 Å². The van der Waals surface area contributed by atoms with E-state index in [1.807, 2.05) is 0 Å². The number of nitrogens with one attached hydrogen (secondary N) is 1. The maximum absolute atomic E-state index is 13.5. The lowest BCUT2D eigenvalue weighted by Gasteiger charge is -2.18. The molecule has 0 aliphatic carbocycles. The fourth-order valence-electron chi connectivity index (χ4n) is 2.34. The first-order valence-electron chi connectivity index (χ1n) is 7.80.